The Morgan fingerprint density at radius 1 is 1.00 bits per heavy atom. The minimum atomic E-state index is -4.99. The van der Waals surface area contributed by atoms with Crippen molar-refractivity contribution in [2.24, 2.45) is 0 Å². The molecule has 0 aliphatic carbocycles. The van der Waals surface area contributed by atoms with E-state index in [0.29, 0.717) is 6.07 Å². The molecule has 2 rings (SSSR count). The summed E-state index contributed by atoms with van der Waals surface area (Å²) < 4.78 is 89.9. The number of methoxy groups -OCH3 is 1. The molecule has 0 fully saturated rings. The maximum absolute atomic E-state index is 13.2. The van der Waals surface area contributed by atoms with E-state index in [2.05, 4.69) is 4.74 Å². The molecule has 0 aliphatic rings. The average Bonchev–Trinajstić information content (AvgIpc) is 2.53. The van der Waals surface area contributed by atoms with Crippen LogP contribution in [0.25, 0.3) is 0 Å². The second-order valence-corrected chi connectivity index (χ2v) is 4.95. The number of carbonyl (C=O) groups is 1. The molecule has 5 nitrogen and oxygen atoms in total. The molecule has 0 aliphatic heterocycles. The fraction of sp³-hybridized carbons (Fsp3) is 0.188. The summed E-state index contributed by atoms with van der Waals surface area (Å²) in [5, 5.41) is 9.11. The molecule has 0 heterocycles. The summed E-state index contributed by atoms with van der Waals surface area (Å²) >= 11 is 0. The molecule has 146 valence electrons. The molecule has 11 heteroatoms. The first-order valence-electron chi connectivity index (χ1n) is 6.97. The van der Waals surface area contributed by atoms with Crippen LogP contribution in [0.15, 0.2) is 36.4 Å². The minimum Gasteiger partial charge on any atom is -0.493 e. The number of para-hydroxylation sites is 1. The normalized spacial score (nSPS) is 11.8. The van der Waals surface area contributed by atoms with Crippen molar-refractivity contribution >= 4 is 5.97 Å². The van der Waals surface area contributed by atoms with Gasteiger partial charge >= 0.3 is 18.5 Å². The Kier molecular flexibility index (Phi) is 5.43. The number of carboxylic acids is 1. The molecule has 0 saturated carbocycles. The third kappa shape index (κ3) is 4.96. The highest BCUT2D eigenvalue weighted by atomic mass is 19.4. The molecule has 0 unspecified atom stereocenters. The lowest BCUT2D eigenvalue weighted by atomic mass is 10.1. The van der Waals surface area contributed by atoms with Gasteiger partial charge in [-0.15, -0.1) is 13.2 Å². The van der Waals surface area contributed by atoms with Gasteiger partial charge in [-0.05, 0) is 24.3 Å². The third-order valence-electron chi connectivity index (χ3n) is 3.13. The summed E-state index contributed by atoms with van der Waals surface area (Å²) in [7, 11) is 1.04. The molecule has 2 aromatic carbocycles. The number of benzene rings is 2. The molecule has 0 bridgehead atoms. The predicted molar refractivity (Wildman–Crippen MR) is 78.2 cm³/mol. The summed E-state index contributed by atoms with van der Waals surface area (Å²) in [5.74, 6) is -4.25. The smallest absolute Gasteiger partial charge is 0.493 e. The Morgan fingerprint density at radius 3 is 2.19 bits per heavy atom. The first-order valence-corrected chi connectivity index (χ1v) is 6.97. The number of hydrogen-bond acceptors (Lipinski definition) is 4. The van der Waals surface area contributed by atoms with E-state index in [-0.39, 0.29) is 0 Å². The Bertz CT molecular complexity index is 844. The van der Waals surface area contributed by atoms with Crippen molar-refractivity contribution in [1.29, 1.82) is 0 Å². The van der Waals surface area contributed by atoms with Crippen molar-refractivity contribution in [3.05, 3.63) is 47.5 Å². The second-order valence-electron chi connectivity index (χ2n) is 4.95. The van der Waals surface area contributed by atoms with Gasteiger partial charge in [-0.25, -0.2) is 4.79 Å². The van der Waals surface area contributed by atoms with Crippen molar-refractivity contribution in [2.45, 2.75) is 12.5 Å². The van der Waals surface area contributed by atoms with Crippen LogP contribution in [0.3, 0.4) is 0 Å². The van der Waals surface area contributed by atoms with E-state index in [1.807, 2.05) is 0 Å². The van der Waals surface area contributed by atoms with E-state index >= 15 is 0 Å². The Morgan fingerprint density at radius 2 is 1.67 bits per heavy atom. The first kappa shape index (κ1) is 20.2. The number of aromatic carboxylic acids is 1. The summed E-state index contributed by atoms with van der Waals surface area (Å²) in [6.45, 7) is 0. The van der Waals surface area contributed by atoms with Gasteiger partial charge in [0.05, 0.1) is 12.7 Å². The van der Waals surface area contributed by atoms with Crippen LogP contribution >= 0.6 is 0 Å². The zero-order chi connectivity index (χ0) is 20.4. The highest BCUT2D eigenvalue weighted by Crippen LogP contribution is 2.43. The van der Waals surface area contributed by atoms with Crippen LogP contribution in [-0.4, -0.2) is 24.5 Å². The van der Waals surface area contributed by atoms with Crippen LogP contribution in [-0.2, 0) is 6.18 Å². The monoisotopic (exact) mass is 396 g/mol. The van der Waals surface area contributed by atoms with Gasteiger partial charge in [0.1, 0.15) is 11.3 Å². The van der Waals surface area contributed by atoms with E-state index in [1.165, 1.54) is 0 Å². The number of carboxylic acid groups (broad SMARTS) is 1. The van der Waals surface area contributed by atoms with Crippen LogP contribution in [0.2, 0.25) is 0 Å². The van der Waals surface area contributed by atoms with Gasteiger partial charge in [0.25, 0.3) is 0 Å². The lowest BCUT2D eigenvalue weighted by Gasteiger charge is -2.18. The molecule has 0 atom stereocenters. The lowest BCUT2D eigenvalue weighted by Crippen LogP contribution is -2.17. The van der Waals surface area contributed by atoms with Crippen molar-refractivity contribution in [1.82, 2.24) is 0 Å². The predicted octanol–water partition coefficient (Wildman–Crippen LogP) is 5.10. The third-order valence-corrected chi connectivity index (χ3v) is 3.13. The van der Waals surface area contributed by atoms with Gasteiger partial charge in [0.2, 0.25) is 0 Å². The molecule has 27 heavy (non-hydrogen) atoms. The second kappa shape index (κ2) is 7.25. The maximum atomic E-state index is 13.2. The summed E-state index contributed by atoms with van der Waals surface area (Å²) in [6.07, 6.45) is -9.93. The molecule has 0 amide bonds. The molecule has 1 N–H and O–H groups in total. The average molecular weight is 396 g/mol. The van der Waals surface area contributed by atoms with Crippen LogP contribution in [0.4, 0.5) is 26.3 Å². The molecule has 0 saturated heterocycles. The fourth-order valence-corrected chi connectivity index (χ4v) is 2.08. The quantitative estimate of drug-likeness (QED) is 0.713. The lowest BCUT2D eigenvalue weighted by molar-refractivity contribution is -0.274. The largest absolute Gasteiger partial charge is 0.573 e. The molecule has 0 spiro atoms. The van der Waals surface area contributed by atoms with E-state index in [9.17, 15) is 31.1 Å². The number of rotatable bonds is 5. The molecule has 0 aromatic heterocycles. The van der Waals surface area contributed by atoms with Crippen LogP contribution < -0.4 is 14.2 Å². The topological polar surface area (TPSA) is 65.0 Å². The molecular weight excluding hydrogens is 386 g/mol. The van der Waals surface area contributed by atoms with Gasteiger partial charge in [-0.1, -0.05) is 6.07 Å². The Hall–Kier alpha value is -3.11. The fourth-order valence-electron chi connectivity index (χ4n) is 2.08. The first-order chi connectivity index (χ1) is 12.4. The number of alkyl halides is 6. The zero-order valence-electron chi connectivity index (χ0n) is 13.3. The highest BCUT2D eigenvalue weighted by molar-refractivity contribution is 5.91. The number of ether oxygens (including phenoxy) is 3. The van der Waals surface area contributed by atoms with E-state index < -0.39 is 52.6 Å². The standard InChI is InChI=1S/C16H10F6O5/c1-25-12-7-8(27-16(20,21)22)5-6-11(12)26-13-9(14(23)24)3-2-4-10(13)15(17,18)19/h2-7H,1H3,(H,23,24). The zero-order valence-corrected chi connectivity index (χ0v) is 13.3. The van der Waals surface area contributed by atoms with E-state index in [0.717, 1.165) is 37.4 Å². The van der Waals surface area contributed by atoms with Gasteiger partial charge in [-0.2, -0.15) is 13.2 Å². The van der Waals surface area contributed by atoms with Crippen molar-refractivity contribution in [3.63, 3.8) is 0 Å². The highest BCUT2D eigenvalue weighted by Gasteiger charge is 2.37. The van der Waals surface area contributed by atoms with Crippen LogP contribution in [0, 0.1) is 0 Å². The number of hydrogen-bond donors (Lipinski definition) is 1. The van der Waals surface area contributed by atoms with Crippen LogP contribution in [0.1, 0.15) is 15.9 Å². The van der Waals surface area contributed by atoms with Gasteiger partial charge < -0.3 is 19.3 Å². The van der Waals surface area contributed by atoms with Crippen molar-refractivity contribution in [3.8, 4) is 23.0 Å². The minimum absolute atomic E-state index is 0.398. The Labute approximate surface area is 147 Å². The number of halogens is 6. The summed E-state index contributed by atoms with van der Waals surface area (Å²) in [4.78, 5) is 11.2. The SMILES string of the molecule is COc1cc(OC(F)(F)F)ccc1Oc1c(C(=O)O)cccc1C(F)(F)F. The van der Waals surface area contributed by atoms with Crippen molar-refractivity contribution < 1.29 is 50.5 Å². The molecular formula is C16H10F6O5. The summed E-state index contributed by atoms with van der Waals surface area (Å²) in [6, 6.07) is 4.76. The summed E-state index contributed by atoms with van der Waals surface area (Å²) in [5.41, 5.74) is -2.16. The van der Waals surface area contributed by atoms with Gasteiger partial charge in [0, 0.05) is 6.07 Å². The van der Waals surface area contributed by atoms with Gasteiger partial charge in [0.15, 0.2) is 17.2 Å². The Balaban J connectivity index is 2.52. The molecule has 2 aromatic rings. The van der Waals surface area contributed by atoms with Crippen molar-refractivity contribution in [2.75, 3.05) is 7.11 Å². The maximum Gasteiger partial charge on any atom is 0.573 e. The van der Waals surface area contributed by atoms with E-state index in [1.54, 1.807) is 0 Å². The van der Waals surface area contributed by atoms with Gasteiger partial charge in [-0.3, -0.25) is 0 Å². The van der Waals surface area contributed by atoms with E-state index in [4.69, 9.17) is 14.6 Å². The van der Waals surface area contributed by atoms with Crippen LogP contribution in [0.5, 0.6) is 23.0 Å². The molecule has 0 radical (unpaired) electrons.